The maximum atomic E-state index is 9.04. The van der Waals surface area contributed by atoms with Crippen molar-refractivity contribution in [3.8, 4) is 11.8 Å². The van der Waals surface area contributed by atoms with E-state index in [0.29, 0.717) is 5.88 Å². The molecule has 0 atom stereocenters. The van der Waals surface area contributed by atoms with E-state index in [-0.39, 0.29) is 5.88 Å². The van der Waals surface area contributed by atoms with Crippen molar-refractivity contribution < 1.29 is 9.84 Å². The molecule has 1 rings (SSSR count). The van der Waals surface area contributed by atoms with Crippen LogP contribution in [0.2, 0.25) is 0 Å². The van der Waals surface area contributed by atoms with Crippen LogP contribution in [0.1, 0.15) is 5.56 Å². The molecule has 1 heterocycles. The first-order valence-corrected chi connectivity index (χ1v) is 2.94. The van der Waals surface area contributed by atoms with E-state index in [1.165, 1.54) is 7.11 Å². The van der Waals surface area contributed by atoms with Gasteiger partial charge in [0.2, 0.25) is 11.8 Å². The highest BCUT2D eigenvalue weighted by Gasteiger charge is 1.97. The van der Waals surface area contributed by atoms with Gasteiger partial charge in [-0.05, 0) is 13.0 Å². The van der Waals surface area contributed by atoms with E-state index in [1.807, 2.05) is 0 Å². The minimum atomic E-state index is 0.0272. The Hall–Kier alpha value is -1.25. The number of pyridine rings is 1. The molecular weight excluding hydrogens is 130 g/mol. The summed E-state index contributed by atoms with van der Waals surface area (Å²) >= 11 is 0. The van der Waals surface area contributed by atoms with Gasteiger partial charge in [0.1, 0.15) is 0 Å². The third kappa shape index (κ3) is 1.18. The summed E-state index contributed by atoms with van der Waals surface area (Å²) in [7, 11) is 1.51. The number of rotatable bonds is 1. The van der Waals surface area contributed by atoms with Gasteiger partial charge >= 0.3 is 0 Å². The topological polar surface area (TPSA) is 42.4 Å². The monoisotopic (exact) mass is 139 g/mol. The Morgan fingerprint density at radius 1 is 1.50 bits per heavy atom. The molecule has 0 aliphatic heterocycles. The van der Waals surface area contributed by atoms with Gasteiger partial charge in [-0.25, -0.2) is 0 Å². The average Bonchev–Trinajstić information content (AvgIpc) is 1.95. The summed E-state index contributed by atoms with van der Waals surface area (Å²) in [5.41, 5.74) is 0.751. The minimum Gasteiger partial charge on any atom is -0.493 e. The van der Waals surface area contributed by atoms with E-state index in [4.69, 9.17) is 9.84 Å². The van der Waals surface area contributed by atoms with Crippen LogP contribution in [0.4, 0.5) is 0 Å². The SMILES string of the molecule is COc1ccc(C)c(O)n1. The Morgan fingerprint density at radius 2 is 2.20 bits per heavy atom. The van der Waals surface area contributed by atoms with Gasteiger partial charge in [0, 0.05) is 11.6 Å². The van der Waals surface area contributed by atoms with Crippen LogP contribution in [0.15, 0.2) is 12.1 Å². The van der Waals surface area contributed by atoms with E-state index in [9.17, 15) is 0 Å². The Balaban J connectivity index is 3.04. The van der Waals surface area contributed by atoms with Gasteiger partial charge in [0.25, 0.3) is 0 Å². The molecule has 3 nitrogen and oxygen atoms in total. The van der Waals surface area contributed by atoms with Gasteiger partial charge in [-0.3, -0.25) is 0 Å². The van der Waals surface area contributed by atoms with Crippen molar-refractivity contribution in [1.29, 1.82) is 0 Å². The molecule has 1 aromatic heterocycles. The second kappa shape index (κ2) is 2.56. The van der Waals surface area contributed by atoms with Crippen molar-refractivity contribution in [2.24, 2.45) is 0 Å². The lowest BCUT2D eigenvalue weighted by Gasteiger charge is -1.99. The first-order chi connectivity index (χ1) is 4.74. The molecule has 54 valence electrons. The number of nitrogens with zero attached hydrogens (tertiary/aromatic N) is 1. The number of ether oxygens (including phenoxy) is 1. The lowest BCUT2D eigenvalue weighted by molar-refractivity contribution is 0.379. The zero-order valence-electron chi connectivity index (χ0n) is 5.96. The van der Waals surface area contributed by atoms with Crippen molar-refractivity contribution in [2.45, 2.75) is 6.92 Å². The average molecular weight is 139 g/mol. The second-order valence-corrected chi connectivity index (χ2v) is 1.99. The van der Waals surface area contributed by atoms with Crippen LogP contribution in [0.5, 0.6) is 11.8 Å². The summed E-state index contributed by atoms with van der Waals surface area (Å²) in [6.07, 6.45) is 0. The zero-order chi connectivity index (χ0) is 7.56. The molecule has 0 radical (unpaired) electrons. The number of aromatic nitrogens is 1. The molecule has 0 saturated carbocycles. The molecule has 1 aromatic rings. The Morgan fingerprint density at radius 3 is 2.70 bits per heavy atom. The maximum absolute atomic E-state index is 9.04. The summed E-state index contributed by atoms with van der Waals surface area (Å²) in [5, 5.41) is 9.04. The molecule has 3 heteroatoms. The number of methoxy groups -OCH3 is 1. The van der Waals surface area contributed by atoms with E-state index in [0.717, 1.165) is 5.56 Å². The predicted molar refractivity (Wildman–Crippen MR) is 37.2 cm³/mol. The molecule has 10 heavy (non-hydrogen) atoms. The van der Waals surface area contributed by atoms with Crippen molar-refractivity contribution >= 4 is 0 Å². The van der Waals surface area contributed by atoms with Crippen LogP contribution in [0, 0.1) is 6.92 Å². The molecule has 0 saturated heterocycles. The zero-order valence-corrected chi connectivity index (χ0v) is 5.96. The normalized spacial score (nSPS) is 9.40. The van der Waals surface area contributed by atoms with E-state index >= 15 is 0 Å². The minimum absolute atomic E-state index is 0.0272. The number of hydrogen-bond donors (Lipinski definition) is 1. The maximum Gasteiger partial charge on any atom is 0.217 e. The lowest BCUT2D eigenvalue weighted by atomic mass is 10.3. The van der Waals surface area contributed by atoms with Crippen molar-refractivity contribution in [1.82, 2.24) is 4.98 Å². The van der Waals surface area contributed by atoms with Crippen molar-refractivity contribution in [2.75, 3.05) is 7.11 Å². The van der Waals surface area contributed by atoms with Crippen LogP contribution < -0.4 is 4.74 Å². The standard InChI is InChI=1S/C7H9NO2/c1-5-3-4-6(10-2)8-7(5)9/h3-4H,1-2H3,(H,8,9). The second-order valence-electron chi connectivity index (χ2n) is 1.99. The highest BCUT2D eigenvalue weighted by atomic mass is 16.5. The summed E-state index contributed by atoms with van der Waals surface area (Å²) in [6, 6.07) is 3.45. The molecule has 0 aromatic carbocycles. The summed E-state index contributed by atoms with van der Waals surface area (Å²) in [5.74, 6) is 0.461. The molecular formula is C7H9NO2. The van der Waals surface area contributed by atoms with Crippen LogP contribution in [-0.2, 0) is 0 Å². The third-order valence-electron chi connectivity index (χ3n) is 1.25. The highest BCUT2D eigenvalue weighted by molar-refractivity contribution is 5.27. The Bertz CT molecular complexity index is 235. The van der Waals surface area contributed by atoms with Gasteiger partial charge in [-0.15, -0.1) is 0 Å². The van der Waals surface area contributed by atoms with E-state index in [1.54, 1.807) is 19.1 Å². The fourth-order valence-corrected chi connectivity index (χ4v) is 0.614. The fourth-order valence-electron chi connectivity index (χ4n) is 0.614. The van der Waals surface area contributed by atoms with E-state index in [2.05, 4.69) is 4.98 Å². The van der Waals surface area contributed by atoms with Crippen LogP contribution in [0.3, 0.4) is 0 Å². The van der Waals surface area contributed by atoms with Gasteiger partial charge in [0.15, 0.2) is 0 Å². The number of aryl methyl sites for hydroxylation is 1. The molecule has 0 unspecified atom stereocenters. The van der Waals surface area contributed by atoms with E-state index < -0.39 is 0 Å². The highest BCUT2D eigenvalue weighted by Crippen LogP contribution is 2.16. The van der Waals surface area contributed by atoms with Gasteiger partial charge in [-0.1, -0.05) is 0 Å². The number of aromatic hydroxyl groups is 1. The largest absolute Gasteiger partial charge is 0.493 e. The van der Waals surface area contributed by atoms with Gasteiger partial charge < -0.3 is 9.84 Å². The van der Waals surface area contributed by atoms with Crippen LogP contribution in [0.25, 0.3) is 0 Å². The van der Waals surface area contributed by atoms with Crippen molar-refractivity contribution in [3.63, 3.8) is 0 Å². The van der Waals surface area contributed by atoms with Crippen molar-refractivity contribution in [3.05, 3.63) is 17.7 Å². The molecule has 0 bridgehead atoms. The summed E-state index contributed by atoms with van der Waals surface area (Å²) in [4.78, 5) is 3.72. The van der Waals surface area contributed by atoms with Gasteiger partial charge in [0.05, 0.1) is 7.11 Å². The fraction of sp³-hybridized carbons (Fsp3) is 0.286. The quantitative estimate of drug-likeness (QED) is 0.633. The summed E-state index contributed by atoms with van der Waals surface area (Å²) < 4.78 is 4.78. The van der Waals surface area contributed by atoms with Crippen LogP contribution >= 0.6 is 0 Å². The molecule has 0 spiro atoms. The first kappa shape index (κ1) is 6.86. The molecule has 0 fully saturated rings. The summed E-state index contributed by atoms with van der Waals surface area (Å²) in [6.45, 7) is 1.78. The first-order valence-electron chi connectivity index (χ1n) is 2.94. The predicted octanol–water partition coefficient (Wildman–Crippen LogP) is 1.10. The van der Waals surface area contributed by atoms with Crippen LogP contribution in [-0.4, -0.2) is 17.2 Å². The third-order valence-corrected chi connectivity index (χ3v) is 1.25. The lowest BCUT2D eigenvalue weighted by Crippen LogP contribution is -1.87. The Labute approximate surface area is 59.3 Å². The molecule has 1 N–H and O–H groups in total. The smallest absolute Gasteiger partial charge is 0.217 e. The molecule has 0 aliphatic rings. The molecule has 0 amide bonds. The molecule has 0 aliphatic carbocycles. The Kier molecular flexibility index (Phi) is 1.76. The number of hydrogen-bond acceptors (Lipinski definition) is 3. The van der Waals surface area contributed by atoms with Gasteiger partial charge in [-0.2, -0.15) is 4.98 Å².